The zero-order valence-electron chi connectivity index (χ0n) is 13.7. The molecule has 2 rings (SSSR count). The number of likely N-dealkylation sites (tertiary alicyclic amines) is 1. The lowest BCUT2D eigenvalue weighted by Crippen LogP contribution is -2.44. The maximum absolute atomic E-state index is 12.2. The highest BCUT2D eigenvalue weighted by molar-refractivity contribution is 5.81. The minimum absolute atomic E-state index is 0.0811. The summed E-state index contributed by atoms with van der Waals surface area (Å²) in [7, 11) is 0. The zero-order valence-corrected chi connectivity index (χ0v) is 13.7. The van der Waals surface area contributed by atoms with Crippen molar-refractivity contribution >= 4 is 11.7 Å². The van der Waals surface area contributed by atoms with Crippen LogP contribution in [0.3, 0.4) is 0 Å². The highest BCUT2D eigenvalue weighted by Gasteiger charge is 2.27. The van der Waals surface area contributed by atoms with Crippen LogP contribution >= 0.6 is 0 Å². The van der Waals surface area contributed by atoms with Gasteiger partial charge in [0.05, 0.1) is 6.61 Å². The first-order chi connectivity index (χ1) is 11.2. The number of nitrogens with zero attached hydrogens (tertiary/aromatic N) is 1. The van der Waals surface area contributed by atoms with Crippen molar-refractivity contribution in [1.29, 1.82) is 0 Å². The normalized spacial score (nSPS) is 18.2. The molecule has 1 saturated heterocycles. The molecule has 125 valence electrons. The number of Topliss-reactive ketones (excluding diaryl/α,β-unsaturated/α-hetero) is 1. The van der Waals surface area contributed by atoms with Crippen LogP contribution in [-0.4, -0.2) is 35.8 Å². The van der Waals surface area contributed by atoms with E-state index >= 15 is 0 Å². The number of amides is 1. The maximum atomic E-state index is 12.2. The molecular weight excluding hydrogens is 290 g/mol. The van der Waals surface area contributed by atoms with Crippen LogP contribution in [-0.2, 0) is 21.1 Å². The monoisotopic (exact) mass is 316 g/mol. The molecule has 23 heavy (non-hydrogen) atoms. The van der Waals surface area contributed by atoms with Gasteiger partial charge in [-0.1, -0.05) is 30.3 Å². The summed E-state index contributed by atoms with van der Waals surface area (Å²) >= 11 is 0. The summed E-state index contributed by atoms with van der Waals surface area (Å²) in [6.45, 7) is 0.584. The molecule has 1 radical (unpaired) electrons. The molecule has 1 aliphatic rings. The quantitative estimate of drug-likeness (QED) is 0.657. The predicted molar refractivity (Wildman–Crippen MR) is 88.5 cm³/mol. The Labute approximate surface area is 138 Å². The van der Waals surface area contributed by atoms with Crippen LogP contribution in [0.1, 0.15) is 50.5 Å². The van der Waals surface area contributed by atoms with Gasteiger partial charge >= 0.3 is 0 Å². The molecule has 4 nitrogen and oxygen atoms in total. The molecule has 0 bridgehead atoms. The number of rotatable bonds is 9. The van der Waals surface area contributed by atoms with Gasteiger partial charge in [-0.05, 0) is 37.7 Å². The van der Waals surface area contributed by atoms with Gasteiger partial charge in [0.25, 0.3) is 0 Å². The van der Waals surface area contributed by atoms with Gasteiger partial charge in [-0.25, -0.2) is 5.11 Å². The average molecular weight is 316 g/mol. The third-order valence-electron chi connectivity index (χ3n) is 4.48. The van der Waals surface area contributed by atoms with Gasteiger partial charge in [0.15, 0.2) is 0 Å². The fraction of sp³-hybridized carbons (Fsp3) is 0.579. The topological polar surface area (TPSA) is 57.3 Å². The van der Waals surface area contributed by atoms with E-state index in [2.05, 4.69) is 0 Å². The number of carbonyl (C=O) groups is 2. The third kappa shape index (κ3) is 5.79. The number of benzene rings is 1. The van der Waals surface area contributed by atoms with E-state index in [0.717, 1.165) is 31.2 Å². The van der Waals surface area contributed by atoms with Crippen molar-refractivity contribution < 1.29 is 14.7 Å². The number of piperidine rings is 1. The molecule has 0 aliphatic carbocycles. The lowest BCUT2D eigenvalue weighted by molar-refractivity contribution is -0.137. The largest absolute Gasteiger partial charge is 0.340 e. The number of unbranched alkanes of at least 4 members (excludes halogenated alkanes) is 1. The van der Waals surface area contributed by atoms with E-state index in [4.69, 9.17) is 0 Å². The average Bonchev–Trinajstić information content (AvgIpc) is 2.56. The molecule has 1 amide bonds. The van der Waals surface area contributed by atoms with Crippen molar-refractivity contribution in [3.05, 3.63) is 35.9 Å². The Bertz CT molecular complexity index is 501. The minimum atomic E-state index is -0.0811. The van der Waals surface area contributed by atoms with Gasteiger partial charge in [-0.3, -0.25) is 9.59 Å². The van der Waals surface area contributed by atoms with E-state index in [1.54, 1.807) is 0 Å². The molecule has 1 aromatic rings. The van der Waals surface area contributed by atoms with Crippen molar-refractivity contribution in [3.8, 4) is 0 Å². The van der Waals surface area contributed by atoms with E-state index in [1.165, 1.54) is 0 Å². The van der Waals surface area contributed by atoms with Gasteiger partial charge in [-0.15, -0.1) is 0 Å². The summed E-state index contributed by atoms with van der Waals surface area (Å²) < 4.78 is 0. The molecule has 1 atom stereocenters. The summed E-state index contributed by atoms with van der Waals surface area (Å²) in [5, 5.41) is 10.6. The second-order valence-electron chi connectivity index (χ2n) is 6.28. The van der Waals surface area contributed by atoms with Crippen LogP contribution in [0.4, 0.5) is 0 Å². The smallest absolute Gasteiger partial charge is 0.222 e. The van der Waals surface area contributed by atoms with Gasteiger partial charge in [-0.2, -0.15) is 0 Å². The van der Waals surface area contributed by atoms with Gasteiger partial charge in [0.2, 0.25) is 5.91 Å². The van der Waals surface area contributed by atoms with E-state index in [9.17, 15) is 14.7 Å². The van der Waals surface area contributed by atoms with Crippen LogP contribution < -0.4 is 0 Å². The summed E-state index contributed by atoms with van der Waals surface area (Å²) in [5.74, 6) is 0.413. The lowest BCUT2D eigenvalue weighted by Gasteiger charge is -2.35. The first-order valence-electron chi connectivity index (χ1n) is 8.64. The van der Waals surface area contributed by atoms with Crippen LogP contribution in [0.25, 0.3) is 0 Å². The second-order valence-corrected chi connectivity index (χ2v) is 6.28. The van der Waals surface area contributed by atoms with Gasteiger partial charge in [0.1, 0.15) is 5.78 Å². The fourth-order valence-corrected chi connectivity index (χ4v) is 3.22. The molecule has 0 unspecified atom stereocenters. The predicted octanol–water partition coefficient (Wildman–Crippen LogP) is 3.17. The molecule has 0 aromatic heterocycles. The first kappa shape index (κ1) is 17.7. The standard InChI is InChI=1S/C19H26NO3/c21-14-5-4-13-20-17(9-6-10-19(20)23)11-12-18(22)15-16-7-2-1-3-8-16/h1-3,7-8,17H,4-6,9-15H2/t17-/m1/s1. The molecule has 0 spiro atoms. The van der Waals surface area contributed by atoms with Gasteiger partial charge < -0.3 is 4.90 Å². The molecule has 1 aliphatic heterocycles. The summed E-state index contributed by atoms with van der Waals surface area (Å²) in [6, 6.07) is 9.94. The summed E-state index contributed by atoms with van der Waals surface area (Å²) in [6.07, 6.45) is 5.60. The van der Waals surface area contributed by atoms with Crippen LogP contribution in [0, 0.1) is 0 Å². The highest BCUT2D eigenvalue weighted by atomic mass is 16.3. The first-order valence-corrected chi connectivity index (χ1v) is 8.64. The van der Waals surface area contributed by atoms with Crippen molar-refractivity contribution in [2.24, 2.45) is 0 Å². The van der Waals surface area contributed by atoms with Crippen molar-refractivity contribution in [1.82, 2.24) is 4.90 Å². The molecule has 1 aromatic carbocycles. The number of hydrogen-bond donors (Lipinski definition) is 0. The minimum Gasteiger partial charge on any atom is -0.340 e. The molecule has 4 heteroatoms. The molecule has 0 saturated carbocycles. The summed E-state index contributed by atoms with van der Waals surface area (Å²) in [4.78, 5) is 26.2. The molecule has 1 heterocycles. The Morgan fingerprint density at radius 3 is 2.70 bits per heavy atom. The SMILES string of the molecule is [O]CCCCN1C(=O)CCC[C@@H]1CCC(=O)Cc1ccccc1. The Balaban J connectivity index is 1.81. The van der Waals surface area contributed by atoms with E-state index in [1.807, 2.05) is 35.2 Å². The zero-order chi connectivity index (χ0) is 16.5. The number of hydrogen-bond acceptors (Lipinski definition) is 2. The Kier molecular flexibility index (Phi) is 7.27. The van der Waals surface area contributed by atoms with Crippen molar-refractivity contribution in [2.45, 2.75) is 57.4 Å². The second kappa shape index (κ2) is 9.46. The van der Waals surface area contributed by atoms with Crippen LogP contribution in [0.15, 0.2) is 30.3 Å². The van der Waals surface area contributed by atoms with E-state index < -0.39 is 0 Å². The van der Waals surface area contributed by atoms with Crippen LogP contribution in [0.2, 0.25) is 0 Å². The van der Waals surface area contributed by atoms with E-state index in [0.29, 0.717) is 32.2 Å². The highest BCUT2D eigenvalue weighted by Crippen LogP contribution is 2.23. The van der Waals surface area contributed by atoms with Crippen molar-refractivity contribution in [2.75, 3.05) is 13.2 Å². The Morgan fingerprint density at radius 1 is 1.17 bits per heavy atom. The Hall–Kier alpha value is -1.68. The maximum Gasteiger partial charge on any atom is 0.222 e. The molecule has 1 fully saturated rings. The lowest BCUT2D eigenvalue weighted by atomic mass is 9.95. The number of ketones is 1. The van der Waals surface area contributed by atoms with E-state index in [-0.39, 0.29) is 24.3 Å². The van der Waals surface area contributed by atoms with Crippen molar-refractivity contribution in [3.63, 3.8) is 0 Å². The van der Waals surface area contributed by atoms with Gasteiger partial charge in [0, 0.05) is 31.8 Å². The Morgan fingerprint density at radius 2 is 1.96 bits per heavy atom. The van der Waals surface area contributed by atoms with Crippen LogP contribution in [0.5, 0.6) is 0 Å². The third-order valence-corrected chi connectivity index (χ3v) is 4.48. The summed E-state index contributed by atoms with van der Waals surface area (Å²) in [5.41, 5.74) is 1.05. The molecule has 0 N–H and O–H groups in total. The fourth-order valence-electron chi connectivity index (χ4n) is 3.22. The molecular formula is C19H26NO3. The number of carbonyl (C=O) groups excluding carboxylic acids is 2.